The van der Waals surface area contributed by atoms with Gasteiger partial charge in [0.25, 0.3) is 0 Å². The first kappa shape index (κ1) is 89.0. The van der Waals surface area contributed by atoms with Gasteiger partial charge in [-0.3, -0.25) is 0 Å². The second-order valence-corrected chi connectivity index (χ2v) is 65.5. The number of fused-ring (bicyclic) bond motifs is 12. The van der Waals surface area contributed by atoms with Crippen molar-refractivity contribution < 1.29 is 4.74 Å². The Balaban J connectivity index is 0.000000139. The third-order valence-electron chi connectivity index (χ3n) is 35.5. The van der Waals surface area contributed by atoms with Gasteiger partial charge in [-0.1, -0.05) is 200 Å². The van der Waals surface area contributed by atoms with Crippen LogP contribution >= 0.6 is 0 Å². The van der Waals surface area contributed by atoms with Crippen LogP contribution < -0.4 is 18.4 Å². The lowest BCUT2D eigenvalue weighted by Crippen LogP contribution is -2.62. The van der Waals surface area contributed by atoms with Crippen molar-refractivity contribution in [2.75, 3.05) is 27.4 Å². The molecule has 12 aliphatic carbocycles. The van der Waals surface area contributed by atoms with Crippen LogP contribution in [0.2, 0.25) is 74.5 Å². The molecule has 12 fully saturated rings. The van der Waals surface area contributed by atoms with E-state index in [1.807, 2.05) is 0 Å². The number of para-hydroxylation sites is 2. The Morgan fingerprint density at radius 1 is 0.312 bits per heavy atom. The van der Waals surface area contributed by atoms with Crippen molar-refractivity contribution in [3.63, 3.8) is 0 Å². The minimum atomic E-state index is -1.74. The van der Waals surface area contributed by atoms with Crippen LogP contribution in [-0.4, -0.2) is 73.3 Å². The standard InChI is InChI=1S/C28H47NSi.C27H45NOSi.C26H43NSi.C22H43NSi/c1-19-12-11-13-20(2)26(19)29(28(4,5)6)30(7,8)27-21(3)18-25-23-15-10-9-14-22(23)16-17-24(25)27;1-19-18-25-23-11-9-8-10-20(23)12-17-24(25)26(19)30(6,7)28(27(2,3)4)21-13-15-22(29-5)16-14-21;1-19-18-24-22-15-11-10-12-20(22)16-17-23(24)25(19)28(5,6)27(26(2,3)4)21-13-8-7-9-14-21;1-8-23(22(3,4)5)24(6,7)21-16(2)15-20-18-12-10-9-11-17(18)13-14-19(20)21/h11-13,21-25,27H,9-10,14-18H2,1-8H3;13-16,19-20,23-26H,8-12,17-18H2,1-7H3;7-9,13-14,19-20,22-25H,10-12,15-18H2,1-6H3;16-21H,8-15H2,1-7H3. The average molecular weight is 1600 g/mol. The molecule has 0 bridgehead atoms. The van der Waals surface area contributed by atoms with Crippen LogP contribution in [0.3, 0.4) is 0 Å². The van der Waals surface area contributed by atoms with E-state index in [0.717, 1.165) is 146 Å². The molecule has 0 radical (unpaired) electrons. The Kier molecular flexibility index (Phi) is 27.8. The summed E-state index contributed by atoms with van der Waals surface area (Å²) in [6.07, 6.45) is 42.6. The zero-order valence-electron chi connectivity index (χ0n) is 78.5. The fraction of sp³-hybridized carbons (Fsp3) is 0.825. The first-order valence-corrected chi connectivity index (χ1v) is 60.6. The zero-order chi connectivity index (χ0) is 81.3. The topological polar surface area (TPSA) is 22.2 Å². The number of benzene rings is 3. The van der Waals surface area contributed by atoms with Crippen molar-refractivity contribution in [1.29, 1.82) is 0 Å². The van der Waals surface area contributed by atoms with Gasteiger partial charge in [-0.15, -0.1) is 0 Å². The van der Waals surface area contributed by atoms with Gasteiger partial charge in [0.15, 0.2) is 24.7 Å². The minimum Gasteiger partial charge on any atom is -0.497 e. The third kappa shape index (κ3) is 17.9. The van der Waals surface area contributed by atoms with Gasteiger partial charge in [-0.05, 0) is 394 Å². The summed E-state index contributed by atoms with van der Waals surface area (Å²) in [6, 6.07) is 27.1. The van der Waals surface area contributed by atoms with Crippen LogP contribution in [0.5, 0.6) is 5.75 Å². The maximum Gasteiger partial charge on any atom is 0.154 e. The summed E-state index contributed by atoms with van der Waals surface area (Å²) in [4.78, 5) is 0. The second-order valence-electron chi connectivity index (χ2n) is 47.7. The van der Waals surface area contributed by atoms with E-state index < -0.39 is 32.9 Å². The molecular formula is C103H178N4OSi4. The molecule has 3 aromatic rings. The highest BCUT2D eigenvalue weighted by atomic mass is 28.3. The molecule has 0 saturated heterocycles. The smallest absolute Gasteiger partial charge is 0.154 e. The molecule has 15 rings (SSSR count). The van der Waals surface area contributed by atoms with Gasteiger partial charge in [0.2, 0.25) is 0 Å². The normalized spacial score (nSPS) is 36.0. The lowest BCUT2D eigenvalue weighted by molar-refractivity contribution is 0.0708. The summed E-state index contributed by atoms with van der Waals surface area (Å²) in [5.74, 6) is 21.2. The van der Waals surface area contributed by atoms with Gasteiger partial charge >= 0.3 is 0 Å². The van der Waals surface area contributed by atoms with Crippen LogP contribution in [0.25, 0.3) is 0 Å². The summed E-state index contributed by atoms with van der Waals surface area (Å²) < 4.78 is 17.1. The molecule has 112 heavy (non-hydrogen) atoms. The number of aryl methyl sites for hydroxylation is 2. The maximum absolute atomic E-state index is 5.45. The largest absolute Gasteiger partial charge is 0.497 e. The lowest BCUT2D eigenvalue weighted by Gasteiger charge is -2.55. The van der Waals surface area contributed by atoms with E-state index in [4.69, 9.17) is 4.74 Å². The number of hydrogen-bond donors (Lipinski definition) is 0. The summed E-state index contributed by atoms with van der Waals surface area (Å²) >= 11 is 0. The van der Waals surface area contributed by atoms with Crippen molar-refractivity contribution >= 4 is 50.0 Å². The molecule has 0 heterocycles. The molecule has 0 amide bonds. The Morgan fingerprint density at radius 3 is 0.884 bits per heavy atom. The number of nitrogens with zero attached hydrogens (tertiary/aromatic N) is 4. The monoisotopic (exact) mass is 1600 g/mol. The fourth-order valence-corrected chi connectivity index (χ4v) is 57.4. The van der Waals surface area contributed by atoms with E-state index in [2.05, 4.69) is 275 Å². The molecule has 0 spiro atoms. The summed E-state index contributed by atoms with van der Waals surface area (Å²) in [6.45, 7) is 69.6. The second kappa shape index (κ2) is 35.0. The predicted octanol–water partition coefficient (Wildman–Crippen LogP) is 30.4. The Bertz CT molecular complexity index is 3460. The molecule has 24 atom stereocenters. The fourth-order valence-electron chi connectivity index (χ4n) is 33.9. The number of methoxy groups -OCH3 is 1. The van der Waals surface area contributed by atoms with E-state index in [-0.39, 0.29) is 16.6 Å². The van der Waals surface area contributed by atoms with Gasteiger partial charge in [0, 0.05) is 39.2 Å². The average Bonchev–Trinajstić information content (AvgIpc) is 1.28. The van der Waals surface area contributed by atoms with E-state index in [0.29, 0.717) is 5.54 Å². The molecule has 5 nitrogen and oxygen atoms in total. The highest BCUT2D eigenvalue weighted by Crippen LogP contribution is 2.67. The van der Waals surface area contributed by atoms with Gasteiger partial charge in [0.05, 0.1) is 7.11 Å². The van der Waals surface area contributed by atoms with Gasteiger partial charge in [-0.25, -0.2) is 0 Å². The van der Waals surface area contributed by atoms with Crippen molar-refractivity contribution in [3.05, 3.63) is 83.9 Å². The third-order valence-corrected chi connectivity index (χ3v) is 54.6. The van der Waals surface area contributed by atoms with Crippen LogP contribution in [-0.2, 0) is 0 Å². The first-order valence-electron chi connectivity index (χ1n) is 48.5. The van der Waals surface area contributed by atoms with Gasteiger partial charge in [-0.2, -0.15) is 0 Å². The van der Waals surface area contributed by atoms with Crippen LogP contribution in [0.1, 0.15) is 309 Å². The van der Waals surface area contributed by atoms with E-state index in [1.54, 1.807) is 44.9 Å². The molecule has 9 heteroatoms. The molecule has 12 saturated carbocycles. The molecule has 3 aromatic carbocycles. The number of hydrogen-bond acceptors (Lipinski definition) is 5. The molecule has 0 aliphatic heterocycles. The van der Waals surface area contributed by atoms with E-state index in [1.165, 1.54) is 177 Å². The summed E-state index contributed by atoms with van der Waals surface area (Å²) in [5.41, 5.74) is 11.9. The molecule has 0 aromatic heterocycles. The van der Waals surface area contributed by atoms with E-state index in [9.17, 15) is 0 Å². The van der Waals surface area contributed by atoms with Crippen molar-refractivity contribution in [2.24, 2.45) is 118 Å². The lowest BCUT2D eigenvalue weighted by atomic mass is 9.62. The van der Waals surface area contributed by atoms with Gasteiger partial charge in [0.1, 0.15) is 14.0 Å². The zero-order valence-corrected chi connectivity index (χ0v) is 82.5. The number of anilines is 3. The van der Waals surface area contributed by atoms with Crippen LogP contribution in [0, 0.1) is 132 Å². The first-order chi connectivity index (χ1) is 52.6. The number of ether oxygens (including phenoxy) is 1. The Morgan fingerprint density at radius 2 is 0.598 bits per heavy atom. The van der Waals surface area contributed by atoms with E-state index >= 15 is 0 Å². The van der Waals surface area contributed by atoms with Gasteiger partial charge < -0.3 is 23.0 Å². The Hall–Kier alpha value is -2.31. The molecule has 0 N–H and O–H groups in total. The van der Waals surface area contributed by atoms with Crippen LogP contribution in [0.15, 0.2) is 72.8 Å². The minimum absolute atomic E-state index is 0.129. The maximum atomic E-state index is 5.45. The van der Waals surface area contributed by atoms with Crippen LogP contribution in [0.4, 0.5) is 17.1 Å². The SMILES string of the molecule is CC1CC2C3CCCCC3CCC2C1[Si](C)(C)N(c1ccccc1)C(C)(C)C.CCN(C(C)(C)C)[Si](C)(C)C1C(C)CC2C3CCCCC3CCC21.COc1ccc(N(C(C)(C)C)[Si](C)(C)C2C(C)CC3C4CCCCC4CCC32)cc1.Cc1cccc(C)c1N(C(C)(C)C)[Si](C)(C)C1C(C)CC2C3CCCCC3CCC21. The summed E-state index contributed by atoms with van der Waals surface area (Å²) in [7, 11) is -4.81. The highest BCUT2D eigenvalue weighted by molar-refractivity contribution is 6.84. The summed E-state index contributed by atoms with van der Waals surface area (Å²) in [5, 5.41) is 0. The molecule has 632 valence electrons. The quantitative estimate of drug-likeness (QED) is 0.159. The molecule has 24 unspecified atom stereocenters. The van der Waals surface area contributed by atoms with Crippen molar-refractivity contribution in [1.82, 2.24) is 4.57 Å². The number of rotatable bonds is 13. The van der Waals surface area contributed by atoms with Crippen molar-refractivity contribution in [3.8, 4) is 5.75 Å². The van der Waals surface area contributed by atoms with Crippen molar-refractivity contribution in [2.45, 2.75) is 408 Å². The molecule has 12 aliphatic rings. The predicted molar refractivity (Wildman–Crippen MR) is 501 cm³/mol. The Labute approximate surface area is 698 Å². The molecular weight excluding hydrogens is 1420 g/mol. The highest BCUT2D eigenvalue weighted by Gasteiger charge is 2.62.